The van der Waals surface area contributed by atoms with Crippen molar-refractivity contribution in [2.24, 2.45) is 5.73 Å². The second-order valence-electron chi connectivity index (χ2n) is 3.87. The van der Waals surface area contributed by atoms with E-state index in [2.05, 4.69) is 0 Å². The van der Waals surface area contributed by atoms with E-state index in [0.29, 0.717) is 10.8 Å². The minimum absolute atomic E-state index is 0.101. The summed E-state index contributed by atoms with van der Waals surface area (Å²) in [5.41, 5.74) is 5.61. The standard InChI is InChI=1S/C13H13ClFNO2/c1-8-2-4-12(17-8)13(7-16)18-11-5-3-9(14)6-10(11)15/h2-6,13H,7,16H2,1H3. The van der Waals surface area contributed by atoms with Crippen molar-refractivity contribution >= 4 is 11.6 Å². The molecule has 1 unspecified atom stereocenters. The van der Waals surface area contributed by atoms with Crippen molar-refractivity contribution < 1.29 is 13.5 Å². The minimum Gasteiger partial charge on any atom is -0.478 e. The van der Waals surface area contributed by atoms with Gasteiger partial charge in [0, 0.05) is 11.6 Å². The number of hydrogen-bond donors (Lipinski definition) is 1. The third kappa shape index (κ3) is 2.83. The van der Waals surface area contributed by atoms with Crippen molar-refractivity contribution in [1.29, 1.82) is 0 Å². The summed E-state index contributed by atoms with van der Waals surface area (Å²) in [6, 6.07) is 7.79. The van der Waals surface area contributed by atoms with Crippen molar-refractivity contribution in [3.05, 3.63) is 52.7 Å². The van der Waals surface area contributed by atoms with Gasteiger partial charge in [-0.05, 0) is 37.3 Å². The first-order chi connectivity index (χ1) is 8.60. The zero-order valence-corrected chi connectivity index (χ0v) is 10.6. The molecule has 0 saturated heterocycles. The average molecular weight is 270 g/mol. The fourth-order valence-electron chi connectivity index (χ4n) is 1.57. The third-order valence-corrected chi connectivity index (χ3v) is 2.69. The zero-order valence-electron chi connectivity index (χ0n) is 9.82. The van der Waals surface area contributed by atoms with Crippen LogP contribution in [0.4, 0.5) is 4.39 Å². The number of furan rings is 1. The van der Waals surface area contributed by atoms with Crippen molar-refractivity contribution in [3.8, 4) is 5.75 Å². The van der Waals surface area contributed by atoms with Gasteiger partial charge < -0.3 is 14.9 Å². The van der Waals surface area contributed by atoms with Crippen LogP contribution in [0, 0.1) is 12.7 Å². The van der Waals surface area contributed by atoms with Crippen LogP contribution in [0.1, 0.15) is 17.6 Å². The molecule has 1 aromatic heterocycles. The topological polar surface area (TPSA) is 48.4 Å². The second kappa shape index (κ2) is 5.42. The van der Waals surface area contributed by atoms with Gasteiger partial charge in [0.15, 0.2) is 17.7 Å². The first-order valence-corrected chi connectivity index (χ1v) is 5.86. The van der Waals surface area contributed by atoms with E-state index in [1.54, 1.807) is 18.2 Å². The quantitative estimate of drug-likeness (QED) is 0.925. The van der Waals surface area contributed by atoms with E-state index in [-0.39, 0.29) is 12.3 Å². The summed E-state index contributed by atoms with van der Waals surface area (Å²) in [6.07, 6.45) is -0.519. The molecule has 5 heteroatoms. The Morgan fingerprint density at radius 2 is 2.17 bits per heavy atom. The Hall–Kier alpha value is -1.52. The Kier molecular flexibility index (Phi) is 3.89. The summed E-state index contributed by atoms with van der Waals surface area (Å²) in [4.78, 5) is 0. The molecule has 96 valence electrons. The van der Waals surface area contributed by atoms with E-state index in [1.807, 2.05) is 6.92 Å². The van der Waals surface area contributed by atoms with Gasteiger partial charge in [0.2, 0.25) is 0 Å². The smallest absolute Gasteiger partial charge is 0.168 e. The maximum Gasteiger partial charge on any atom is 0.168 e. The van der Waals surface area contributed by atoms with Crippen LogP contribution < -0.4 is 10.5 Å². The molecule has 0 aliphatic rings. The normalized spacial score (nSPS) is 12.4. The number of nitrogens with two attached hydrogens (primary N) is 1. The molecule has 2 aromatic rings. The molecule has 0 bridgehead atoms. The monoisotopic (exact) mass is 269 g/mol. The number of ether oxygens (including phenoxy) is 1. The van der Waals surface area contributed by atoms with Crippen LogP contribution in [0.15, 0.2) is 34.7 Å². The van der Waals surface area contributed by atoms with Crippen LogP contribution in [-0.4, -0.2) is 6.54 Å². The Balaban J connectivity index is 2.20. The number of halogens is 2. The summed E-state index contributed by atoms with van der Waals surface area (Å²) in [6.45, 7) is 2.01. The lowest BCUT2D eigenvalue weighted by molar-refractivity contribution is 0.175. The Morgan fingerprint density at radius 3 is 2.72 bits per heavy atom. The van der Waals surface area contributed by atoms with E-state index in [9.17, 15) is 4.39 Å². The van der Waals surface area contributed by atoms with Gasteiger partial charge in [0.1, 0.15) is 11.5 Å². The van der Waals surface area contributed by atoms with Crippen LogP contribution in [0.2, 0.25) is 5.02 Å². The minimum atomic E-state index is -0.524. The number of hydrogen-bond acceptors (Lipinski definition) is 3. The SMILES string of the molecule is Cc1ccc(C(CN)Oc2ccc(Cl)cc2F)o1. The maximum absolute atomic E-state index is 13.6. The van der Waals surface area contributed by atoms with E-state index in [0.717, 1.165) is 5.76 Å². The molecule has 3 nitrogen and oxygen atoms in total. The van der Waals surface area contributed by atoms with Gasteiger partial charge in [-0.15, -0.1) is 0 Å². The maximum atomic E-state index is 13.6. The highest BCUT2D eigenvalue weighted by Gasteiger charge is 2.17. The number of benzene rings is 1. The highest BCUT2D eigenvalue weighted by Crippen LogP contribution is 2.27. The Morgan fingerprint density at radius 1 is 1.39 bits per heavy atom. The predicted molar refractivity (Wildman–Crippen MR) is 67.3 cm³/mol. The van der Waals surface area contributed by atoms with Gasteiger partial charge in [0.25, 0.3) is 0 Å². The van der Waals surface area contributed by atoms with Crippen LogP contribution >= 0.6 is 11.6 Å². The second-order valence-corrected chi connectivity index (χ2v) is 4.30. The van der Waals surface area contributed by atoms with Crippen molar-refractivity contribution in [2.45, 2.75) is 13.0 Å². The van der Waals surface area contributed by atoms with Gasteiger partial charge in [-0.1, -0.05) is 11.6 Å². The molecule has 0 aliphatic heterocycles. The van der Waals surface area contributed by atoms with Crippen LogP contribution in [-0.2, 0) is 0 Å². The summed E-state index contributed by atoms with van der Waals surface area (Å²) >= 11 is 5.67. The van der Waals surface area contributed by atoms with Gasteiger partial charge in [-0.25, -0.2) is 4.39 Å². The largest absolute Gasteiger partial charge is 0.478 e. The van der Waals surface area contributed by atoms with E-state index >= 15 is 0 Å². The molecule has 1 atom stereocenters. The molecule has 1 heterocycles. The van der Waals surface area contributed by atoms with Gasteiger partial charge in [-0.2, -0.15) is 0 Å². The summed E-state index contributed by atoms with van der Waals surface area (Å²) in [5, 5.41) is 0.318. The molecular weight excluding hydrogens is 257 g/mol. The van der Waals surface area contributed by atoms with Crippen LogP contribution in [0.25, 0.3) is 0 Å². The summed E-state index contributed by atoms with van der Waals surface area (Å²) < 4.78 is 24.5. The third-order valence-electron chi connectivity index (χ3n) is 2.46. The van der Waals surface area contributed by atoms with E-state index < -0.39 is 11.9 Å². The highest BCUT2D eigenvalue weighted by atomic mass is 35.5. The number of aryl methyl sites for hydroxylation is 1. The molecule has 2 rings (SSSR count). The lowest BCUT2D eigenvalue weighted by Gasteiger charge is -2.15. The van der Waals surface area contributed by atoms with Crippen molar-refractivity contribution in [2.75, 3.05) is 6.54 Å². The summed E-state index contributed by atoms with van der Waals surface area (Å²) in [5.74, 6) is 0.904. The zero-order chi connectivity index (χ0) is 13.1. The van der Waals surface area contributed by atoms with E-state index in [4.69, 9.17) is 26.5 Å². The fourth-order valence-corrected chi connectivity index (χ4v) is 1.73. The van der Waals surface area contributed by atoms with Gasteiger partial charge >= 0.3 is 0 Å². The molecule has 0 fully saturated rings. The first-order valence-electron chi connectivity index (χ1n) is 5.48. The summed E-state index contributed by atoms with van der Waals surface area (Å²) in [7, 11) is 0. The average Bonchev–Trinajstić information content (AvgIpc) is 2.75. The fraction of sp³-hybridized carbons (Fsp3) is 0.231. The van der Waals surface area contributed by atoms with Crippen molar-refractivity contribution in [1.82, 2.24) is 0 Å². The molecule has 0 saturated carbocycles. The van der Waals surface area contributed by atoms with Gasteiger partial charge in [-0.3, -0.25) is 0 Å². The van der Waals surface area contributed by atoms with Gasteiger partial charge in [0.05, 0.1) is 0 Å². The molecule has 2 N–H and O–H groups in total. The van der Waals surface area contributed by atoms with Crippen molar-refractivity contribution in [3.63, 3.8) is 0 Å². The lowest BCUT2D eigenvalue weighted by atomic mass is 10.2. The number of rotatable bonds is 4. The Labute approximate surface area is 109 Å². The Bertz CT molecular complexity index is 542. The molecule has 0 amide bonds. The molecular formula is C13H13ClFNO2. The van der Waals surface area contributed by atoms with E-state index in [1.165, 1.54) is 12.1 Å². The van der Waals surface area contributed by atoms with Crippen LogP contribution in [0.3, 0.4) is 0 Å². The lowest BCUT2D eigenvalue weighted by Crippen LogP contribution is -2.18. The highest BCUT2D eigenvalue weighted by molar-refractivity contribution is 6.30. The molecule has 0 aliphatic carbocycles. The molecule has 0 radical (unpaired) electrons. The predicted octanol–water partition coefficient (Wildman–Crippen LogP) is 3.46. The molecule has 1 aromatic carbocycles. The molecule has 18 heavy (non-hydrogen) atoms. The first kappa shape index (κ1) is 12.9. The van der Waals surface area contributed by atoms with Crippen LogP contribution in [0.5, 0.6) is 5.75 Å². The molecule has 0 spiro atoms.